The number of benzene rings is 2. The van der Waals surface area contributed by atoms with E-state index in [0.29, 0.717) is 29.3 Å². The Balaban J connectivity index is 2.01. The zero-order valence-corrected chi connectivity index (χ0v) is 17.5. The van der Waals surface area contributed by atoms with Gasteiger partial charge in [-0.25, -0.2) is 0 Å². The van der Waals surface area contributed by atoms with Gasteiger partial charge in [0, 0.05) is 12.1 Å². The minimum atomic E-state index is -0.264. The van der Waals surface area contributed by atoms with Crippen molar-refractivity contribution >= 4 is 27.5 Å². The number of allylic oxidation sites excluding steroid dienone is 1. The second-order valence-electron chi connectivity index (χ2n) is 6.86. The van der Waals surface area contributed by atoms with Crippen LogP contribution in [0.4, 0.5) is 0 Å². The number of aromatic nitrogens is 1. The highest BCUT2D eigenvalue weighted by molar-refractivity contribution is 7.16. The van der Waals surface area contributed by atoms with E-state index in [1.807, 2.05) is 18.2 Å². The molecule has 28 heavy (non-hydrogen) atoms. The lowest BCUT2D eigenvalue weighted by Gasteiger charge is -2.06. The van der Waals surface area contributed by atoms with E-state index in [2.05, 4.69) is 49.0 Å². The molecular weight excluding hydrogens is 368 g/mol. The van der Waals surface area contributed by atoms with Crippen LogP contribution >= 0.6 is 11.3 Å². The molecule has 0 aliphatic rings. The predicted octanol–water partition coefficient (Wildman–Crippen LogP) is 5.43. The number of carbonyl (C=O) groups excluding carboxylic acids is 1. The van der Waals surface area contributed by atoms with Crippen molar-refractivity contribution in [1.82, 2.24) is 4.57 Å². The highest BCUT2D eigenvalue weighted by Gasteiger charge is 2.11. The zero-order valence-electron chi connectivity index (χ0n) is 16.7. The van der Waals surface area contributed by atoms with Crippen molar-refractivity contribution in [1.29, 1.82) is 0 Å². The predicted molar refractivity (Wildman–Crippen MR) is 116 cm³/mol. The molecule has 0 saturated heterocycles. The summed E-state index contributed by atoms with van der Waals surface area (Å²) in [4.78, 5) is 17.9. The van der Waals surface area contributed by atoms with E-state index in [9.17, 15) is 4.79 Å². The number of fused-ring (bicyclic) bond motifs is 1. The summed E-state index contributed by atoms with van der Waals surface area (Å²) in [5, 5.41) is 0. The van der Waals surface area contributed by atoms with Gasteiger partial charge < -0.3 is 9.30 Å². The SMILES string of the molecule is C=CCn1c(=NC(=O)c2cccc(OCCCC)c2)sc2cc(C)cc(C)c21. The molecule has 0 aliphatic heterocycles. The van der Waals surface area contributed by atoms with Crippen LogP contribution < -0.4 is 9.54 Å². The molecule has 1 aromatic heterocycles. The third-order valence-electron chi connectivity index (χ3n) is 4.47. The Morgan fingerprint density at radius 2 is 2.11 bits per heavy atom. The van der Waals surface area contributed by atoms with Crippen LogP contribution in [0.2, 0.25) is 0 Å². The lowest BCUT2D eigenvalue weighted by Crippen LogP contribution is -2.16. The van der Waals surface area contributed by atoms with Crippen molar-refractivity contribution in [2.45, 2.75) is 40.2 Å². The minimum absolute atomic E-state index is 0.264. The van der Waals surface area contributed by atoms with Gasteiger partial charge in [-0.1, -0.05) is 42.9 Å². The maximum atomic E-state index is 12.8. The number of hydrogen-bond donors (Lipinski definition) is 0. The molecule has 5 heteroatoms. The Bertz CT molecular complexity index is 1080. The third-order valence-corrected chi connectivity index (χ3v) is 5.49. The van der Waals surface area contributed by atoms with Crippen molar-refractivity contribution in [2.24, 2.45) is 4.99 Å². The maximum absolute atomic E-state index is 12.8. The number of aryl methyl sites for hydroxylation is 2. The molecule has 0 fully saturated rings. The van der Waals surface area contributed by atoms with Crippen molar-refractivity contribution in [2.75, 3.05) is 6.61 Å². The Labute approximate surface area is 169 Å². The monoisotopic (exact) mass is 394 g/mol. The summed E-state index contributed by atoms with van der Waals surface area (Å²) < 4.78 is 8.90. The van der Waals surface area contributed by atoms with Crippen molar-refractivity contribution in [3.8, 4) is 5.75 Å². The molecule has 0 aliphatic carbocycles. The molecule has 3 aromatic rings. The van der Waals surface area contributed by atoms with Crippen LogP contribution in [0.3, 0.4) is 0 Å². The summed E-state index contributed by atoms with van der Waals surface area (Å²) in [5.41, 5.74) is 4.02. The topological polar surface area (TPSA) is 43.6 Å². The van der Waals surface area contributed by atoms with Crippen LogP contribution in [0.25, 0.3) is 10.2 Å². The first-order chi connectivity index (χ1) is 13.5. The number of ether oxygens (including phenoxy) is 1. The Morgan fingerprint density at radius 1 is 1.29 bits per heavy atom. The largest absolute Gasteiger partial charge is 0.494 e. The molecule has 0 spiro atoms. The second kappa shape index (κ2) is 9.02. The average molecular weight is 395 g/mol. The van der Waals surface area contributed by atoms with Crippen molar-refractivity contribution in [3.63, 3.8) is 0 Å². The van der Waals surface area contributed by atoms with E-state index in [0.717, 1.165) is 23.1 Å². The van der Waals surface area contributed by atoms with Crippen LogP contribution in [0.15, 0.2) is 54.0 Å². The molecule has 4 nitrogen and oxygen atoms in total. The van der Waals surface area contributed by atoms with Gasteiger partial charge in [0.05, 0.1) is 16.8 Å². The van der Waals surface area contributed by atoms with Gasteiger partial charge in [-0.15, -0.1) is 6.58 Å². The summed E-state index contributed by atoms with van der Waals surface area (Å²) in [6.45, 7) is 11.4. The third kappa shape index (κ3) is 4.42. The summed E-state index contributed by atoms with van der Waals surface area (Å²) in [6, 6.07) is 11.5. The van der Waals surface area contributed by atoms with Gasteiger partial charge in [0.25, 0.3) is 5.91 Å². The number of rotatable bonds is 7. The van der Waals surface area contributed by atoms with Gasteiger partial charge in [-0.05, 0) is 55.7 Å². The normalized spacial score (nSPS) is 11.8. The van der Waals surface area contributed by atoms with E-state index in [4.69, 9.17) is 4.74 Å². The summed E-state index contributed by atoms with van der Waals surface area (Å²) in [7, 11) is 0. The van der Waals surface area contributed by atoms with Crippen LogP contribution in [-0.2, 0) is 6.54 Å². The lowest BCUT2D eigenvalue weighted by atomic mass is 10.1. The van der Waals surface area contributed by atoms with Crippen LogP contribution in [0.5, 0.6) is 5.75 Å². The fourth-order valence-corrected chi connectivity index (χ4v) is 4.39. The number of thiazole rings is 1. The molecule has 0 saturated carbocycles. The molecule has 0 N–H and O–H groups in total. The average Bonchev–Trinajstić information content (AvgIpc) is 2.99. The van der Waals surface area contributed by atoms with E-state index >= 15 is 0 Å². The van der Waals surface area contributed by atoms with Gasteiger partial charge in [0.15, 0.2) is 4.80 Å². The van der Waals surface area contributed by atoms with E-state index in [1.165, 1.54) is 22.5 Å². The van der Waals surface area contributed by atoms with E-state index in [-0.39, 0.29) is 5.91 Å². The quantitative estimate of drug-likeness (QED) is 0.396. The van der Waals surface area contributed by atoms with Gasteiger partial charge in [0.1, 0.15) is 5.75 Å². The first-order valence-corrected chi connectivity index (χ1v) is 10.4. The van der Waals surface area contributed by atoms with E-state index in [1.54, 1.807) is 12.1 Å². The lowest BCUT2D eigenvalue weighted by molar-refractivity contribution is 0.0997. The number of nitrogens with zero attached hydrogens (tertiary/aromatic N) is 2. The number of amides is 1. The van der Waals surface area contributed by atoms with Gasteiger partial charge in [-0.3, -0.25) is 4.79 Å². The van der Waals surface area contributed by atoms with Gasteiger partial charge in [-0.2, -0.15) is 4.99 Å². The number of hydrogen-bond acceptors (Lipinski definition) is 3. The second-order valence-corrected chi connectivity index (χ2v) is 7.87. The first kappa shape index (κ1) is 20.1. The van der Waals surface area contributed by atoms with Crippen molar-refractivity contribution < 1.29 is 9.53 Å². The molecule has 0 atom stereocenters. The fourth-order valence-electron chi connectivity index (χ4n) is 3.18. The van der Waals surface area contributed by atoms with Crippen LogP contribution in [0.1, 0.15) is 41.3 Å². The maximum Gasteiger partial charge on any atom is 0.279 e. The van der Waals surface area contributed by atoms with E-state index < -0.39 is 0 Å². The summed E-state index contributed by atoms with van der Waals surface area (Å²) >= 11 is 1.53. The molecule has 1 amide bonds. The van der Waals surface area contributed by atoms with Gasteiger partial charge in [0.2, 0.25) is 0 Å². The Hall–Kier alpha value is -2.66. The highest BCUT2D eigenvalue weighted by atomic mass is 32.1. The molecular formula is C23H26N2O2S. The molecule has 3 rings (SSSR count). The minimum Gasteiger partial charge on any atom is -0.494 e. The summed E-state index contributed by atoms with van der Waals surface area (Å²) in [6.07, 6.45) is 3.89. The first-order valence-electron chi connectivity index (χ1n) is 9.57. The highest BCUT2D eigenvalue weighted by Crippen LogP contribution is 2.23. The van der Waals surface area contributed by atoms with Crippen LogP contribution in [0, 0.1) is 13.8 Å². The molecule has 0 bridgehead atoms. The zero-order chi connectivity index (χ0) is 20.1. The van der Waals surface area contributed by atoms with Gasteiger partial charge >= 0.3 is 0 Å². The standard InChI is InChI=1S/C23H26N2O2S/c1-5-7-12-27-19-10-8-9-18(15-19)22(26)24-23-25(11-6-2)21-17(4)13-16(3)14-20(21)28-23/h6,8-10,13-15H,2,5,7,11-12H2,1,3-4H3. The number of unbranched alkanes of at least 4 members (excludes halogenated alkanes) is 1. The number of carbonyl (C=O) groups is 1. The van der Waals surface area contributed by atoms with Crippen LogP contribution in [-0.4, -0.2) is 17.1 Å². The summed E-state index contributed by atoms with van der Waals surface area (Å²) in [5.74, 6) is 0.441. The molecule has 2 aromatic carbocycles. The molecule has 1 heterocycles. The van der Waals surface area contributed by atoms with Crippen molar-refractivity contribution in [3.05, 3.63) is 70.5 Å². The molecule has 0 radical (unpaired) electrons. The molecule has 146 valence electrons. The molecule has 0 unspecified atom stereocenters. The smallest absolute Gasteiger partial charge is 0.279 e. The fraction of sp³-hybridized carbons (Fsp3) is 0.304. The Kier molecular flexibility index (Phi) is 6.47. The Morgan fingerprint density at radius 3 is 2.86 bits per heavy atom.